The summed E-state index contributed by atoms with van der Waals surface area (Å²) in [6, 6.07) is 19.5. The third kappa shape index (κ3) is 4.50. The van der Waals surface area contributed by atoms with Crippen LogP contribution in [0.3, 0.4) is 0 Å². The molecule has 0 aliphatic carbocycles. The predicted molar refractivity (Wildman–Crippen MR) is 109 cm³/mol. The van der Waals surface area contributed by atoms with Crippen molar-refractivity contribution < 1.29 is 4.79 Å². The molecule has 1 atom stereocenters. The minimum Gasteiger partial charge on any atom is -0.348 e. The van der Waals surface area contributed by atoms with Crippen molar-refractivity contribution in [2.45, 2.75) is 26.8 Å². The molecular weight excluding hydrogens is 336 g/mol. The van der Waals surface area contributed by atoms with Crippen LogP contribution in [0.25, 0.3) is 0 Å². The van der Waals surface area contributed by atoms with E-state index in [0.717, 1.165) is 11.1 Å². The number of benzene rings is 2. The second-order valence-electron chi connectivity index (χ2n) is 6.43. The monoisotopic (exact) mass is 360 g/mol. The lowest BCUT2D eigenvalue weighted by Gasteiger charge is -2.21. The summed E-state index contributed by atoms with van der Waals surface area (Å²) in [7, 11) is 0. The first-order valence-electron chi connectivity index (χ1n) is 9.11. The molecular formula is C22H24N4O. The number of carbonyl (C=O) groups excluding carboxylic acids is 1. The number of hydrogen-bond donors (Lipinski definition) is 1. The van der Waals surface area contributed by atoms with Crippen molar-refractivity contribution in [3.8, 4) is 0 Å². The highest BCUT2D eigenvalue weighted by Gasteiger charge is 2.18. The third-order valence-electron chi connectivity index (χ3n) is 4.42. The molecule has 1 amide bonds. The average Bonchev–Trinajstić information content (AvgIpc) is 2.70. The lowest BCUT2D eigenvalue weighted by Crippen LogP contribution is -2.31. The van der Waals surface area contributed by atoms with E-state index in [1.165, 1.54) is 0 Å². The highest BCUT2D eigenvalue weighted by atomic mass is 16.2. The lowest BCUT2D eigenvalue weighted by atomic mass is 10.1. The van der Waals surface area contributed by atoms with Gasteiger partial charge in [0.2, 0.25) is 5.95 Å². The maximum Gasteiger partial charge on any atom is 0.259 e. The minimum absolute atomic E-state index is 0.0596. The van der Waals surface area contributed by atoms with Crippen LogP contribution >= 0.6 is 0 Å². The molecule has 138 valence electrons. The zero-order chi connectivity index (χ0) is 19.2. The first kappa shape index (κ1) is 18.6. The zero-order valence-corrected chi connectivity index (χ0v) is 15.9. The average molecular weight is 360 g/mol. The van der Waals surface area contributed by atoms with E-state index in [0.29, 0.717) is 23.9 Å². The van der Waals surface area contributed by atoms with Crippen molar-refractivity contribution in [1.29, 1.82) is 0 Å². The topological polar surface area (TPSA) is 58.1 Å². The molecule has 0 fully saturated rings. The van der Waals surface area contributed by atoms with Crippen LogP contribution in [-0.4, -0.2) is 22.4 Å². The molecule has 5 heteroatoms. The Morgan fingerprint density at radius 2 is 1.78 bits per heavy atom. The molecule has 27 heavy (non-hydrogen) atoms. The standard InChI is InChI=1S/C22H24N4O/c1-4-26(21(27)19-12-10-16(2)11-13-19)20-14-15-23-22(25-20)24-17(3)18-8-6-5-7-9-18/h5-15,17H,4H2,1-3H3,(H,23,24,25)/t17-/m0/s1. The van der Waals surface area contributed by atoms with E-state index in [2.05, 4.69) is 34.3 Å². The van der Waals surface area contributed by atoms with Crippen molar-refractivity contribution in [3.63, 3.8) is 0 Å². The third-order valence-corrected chi connectivity index (χ3v) is 4.42. The molecule has 0 radical (unpaired) electrons. The van der Waals surface area contributed by atoms with Gasteiger partial charge in [-0.3, -0.25) is 9.69 Å². The fourth-order valence-electron chi connectivity index (χ4n) is 2.85. The number of hydrogen-bond acceptors (Lipinski definition) is 4. The second-order valence-corrected chi connectivity index (χ2v) is 6.43. The Hall–Kier alpha value is -3.21. The molecule has 5 nitrogen and oxygen atoms in total. The number of aryl methyl sites for hydroxylation is 1. The molecule has 2 aromatic carbocycles. The first-order valence-corrected chi connectivity index (χ1v) is 9.11. The number of rotatable bonds is 6. The van der Waals surface area contributed by atoms with Gasteiger partial charge < -0.3 is 5.32 Å². The van der Waals surface area contributed by atoms with Crippen LogP contribution in [-0.2, 0) is 0 Å². The molecule has 0 aliphatic rings. The highest BCUT2D eigenvalue weighted by Crippen LogP contribution is 2.20. The molecule has 3 aromatic rings. The Kier molecular flexibility index (Phi) is 5.81. The van der Waals surface area contributed by atoms with E-state index in [1.807, 2.05) is 56.3 Å². The van der Waals surface area contributed by atoms with E-state index < -0.39 is 0 Å². The number of nitrogens with one attached hydrogen (secondary N) is 1. The van der Waals surface area contributed by atoms with Gasteiger partial charge in [-0.15, -0.1) is 0 Å². The van der Waals surface area contributed by atoms with Gasteiger partial charge in [0.1, 0.15) is 5.82 Å². The van der Waals surface area contributed by atoms with Crippen LogP contribution < -0.4 is 10.2 Å². The van der Waals surface area contributed by atoms with E-state index in [-0.39, 0.29) is 11.9 Å². The van der Waals surface area contributed by atoms with E-state index in [1.54, 1.807) is 17.2 Å². The number of carbonyl (C=O) groups is 1. The Bertz CT molecular complexity index is 894. The molecule has 1 heterocycles. The van der Waals surface area contributed by atoms with Gasteiger partial charge in [0.15, 0.2) is 0 Å². The fraction of sp³-hybridized carbons (Fsp3) is 0.227. The summed E-state index contributed by atoms with van der Waals surface area (Å²) >= 11 is 0. The summed E-state index contributed by atoms with van der Waals surface area (Å²) in [4.78, 5) is 23.4. The largest absolute Gasteiger partial charge is 0.348 e. The Morgan fingerprint density at radius 3 is 2.44 bits per heavy atom. The number of aromatic nitrogens is 2. The molecule has 0 aliphatic heterocycles. The van der Waals surface area contributed by atoms with Crippen molar-refractivity contribution in [1.82, 2.24) is 9.97 Å². The summed E-state index contributed by atoms with van der Waals surface area (Å²) in [6.07, 6.45) is 1.67. The second kappa shape index (κ2) is 8.45. The van der Waals surface area contributed by atoms with Gasteiger partial charge in [-0.25, -0.2) is 4.98 Å². The molecule has 0 spiro atoms. The lowest BCUT2D eigenvalue weighted by molar-refractivity contribution is 0.0987. The fourth-order valence-corrected chi connectivity index (χ4v) is 2.85. The van der Waals surface area contributed by atoms with Gasteiger partial charge >= 0.3 is 0 Å². The number of amides is 1. The molecule has 0 saturated heterocycles. The van der Waals surface area contributed by atoms with Gasteiger partial charge in [-0.05, 0) is 44.5 Å². The smallest absolute Gasteiger partial charge is 0.259 e. The van der Waals surface area contributed by atoms with Gasteiger partial charge in [0.25, 0.3) is 5.91 Å². The molecule has 0 saturated carbocycles. The Labute approximate surface area is 160 Å². The number of nitrogens with zero attached hydrogens (tertiary/aromatic N) is 3. The van der Waals surface area contributed by atoms with Crippen molar-refractivity contribution >= 4 is 17.7 Å². The number of anilines is 2. The molecule has 1 aromatic heterocycles. The van der Waals surface area contributed by atoms with Gasteiger partial charge in [0.05, 0.1) is 6.04 Å². The van der Waals surface area contributed by atoms with E-state index in [4.69, 9.17) is 0 Å². The SMILES string of the molecule is CCN(C(=O)c1ccc(C)cc1)c1ccnc(N[C@@H](C)c2ccccc2)n1. The van der Waals surface area contributed by atoms with Crippen molar-refractivity contribution in [2.24, 2.45) is 0 Å². The molecule has 0 bridgehead atoms. The molecule has 3 rings (SSSR count). The van der Waals surface area contributed by atoms with Crippen LogP contribution in [0.5, 0.6) is 0 Å². The zero-order valence-electron chi connectivity index (χ0n) is 15.9. The van der Waals surface area contributed by atoms with Gasteiger partial charge in [-0.1, -0.05) is 48.0 Å². The first-order chi connectivity index (χ1) is 13.1. The van der Waals surface area contributed by atoms with Crippen LogP contribution in [0.15, 0.2) is 66.9 Å². The summed E-state index contributed by atoms with van der Waals surface area (Å²) < 4.78 is 0. The highest BCUT2D eigenvalue weighted by molar-refractivity contribution is 6.05. The molecule has 0 unspecified atom stereocenters. The minimum atomic E-state index is -0.0711. The molecule has 1 N–H and O–H groups in total. The normalized spacial score (nSPS) is 11.7. The Morgan fingerprint density at radius 1 is 1.07 bits per heavy atom. The van der Waals surface area contributed by atoms with Crippen LogP contribution in [0.2, 0.25) is 0 Å². The van der Waals surface area contributed by atoms with E-state index in [9.17, 15) is 4.79 Å². The van der Waals surface area contributed by atoms with Crippen LogP contribution in [0.4, 0.5) is 11.8 Å². The maximum absolute atomic E-state index is 12.9. The van der Waals surface area contributed by atoms with E-state index >= 15 is 0 Å². The van der Waals surface area contributed by atoms with Gasteiger partial charge in [0, 0.05) is 18.3 Å². The van der Waals surface area contributed by atoms with Crippen LogP contribution in [0.1, 0.15) is 41.4 Å². The van der Waals surface area contributed by atoms with Crippen molar-refractivity contribution in [2.75, 3.05) is 16.8 Å². The maximum atomic E-state index is 12.9. The van der Waals surface area contributed by atoms with Crippen LogP contribution in [0, 0.1) is 6.92 Å². The van der Waals surface area contributed by atoms with Crippen molar-refractivity contribution in [3.05, 3.63) is 83.6 Å². The van der Waals surface area contributed by atoms with Gasteiger partial charge in [-0.2, -0.15) is 4.98 Å². The quantitative estimate of drug-likeness (QED) is 0.696. The summed E-state index contributed by atoms with van der Waals surface area (Å²) in [5, 5.41) is 3.30. The summed E-state index contributed by atoms with van der Waals surface area (Å²) in [6.45, 7) is 6.52. The summed E-state index contributed by atoms with van der Waals surface area (Å²) in [5.41, 5.74) is 2.92. The predicted octanol–water partition coefficient (Wildman–Crippen LogP) is 4.62. The summed E-state index contributed by atoms with van der Waals surface area (Å²) in [5.74, 6) is 1.01. The Balaban J connectivity index is 1.80.